The summed E-state index contributed by atoms with van der Waals surface area (Å²) in [6, 6.07) is 9.78. The fourth-order valence-corrected chi connectivity index (χ4v) is 2.91. The molecule has 0 atom stereocenters. The molecule has 0 saturated heterocycles. The van der Waals surface area contributed by atoms with Crippen molar-refractivity contribution in [2.45, 2.75) is 6.92 Å². The van der Waals surface area contributed by atoms with Gasteiger partial charge in [0.25, 0.3) is 5.69 Å². The number of non-ortho nitro benzene ring substituents is 1. The number of aromatic nitrogens is 1. The summed E-state index contributed by atoms with van der Waals surface area (Å²) in [5.41, 5.74) is 1.37. The van der Waals surface area contributed by atoms with E-state index in [0.717, 1.165) is 0 Å². The first-order valence-electron chi connectivity index (χ1n) is 8.45. The van der Waals surface area contributed by atoms with Gasteiger partial charge in [-0.3, -0.25) is 10.1 Å². The smallest absolute Gasteiger partial charge is 0.354 e. The predicted molar refractivity (Wildman–Crippen MR) is 104 cm³/mol. The maximum Gasteiger partial charge on any atom is 0.354 e. The van der Waals surface area contributed by atoms with E-state index in [1.54, 1.807) is 31.2 Å². The van der Waals surface area contributed by atoms with Gasteiger partial charge in [0.2, 0.25) is 0 Å². The molecule has 2 aromatic carbocycles. The first-order valence-corrected chi connectivity index (χ1v) is 8.45. The van der Waals surface area contributed by atoms with Gasteiger partial charge in [-0.15, -0.1) is 0 Å². The molecule has 0 aliphatic heterocycles. The molecular weight excluding hydrogens is 366 g/mol. The van der Waals surface area contributed by atoms with Gasteiger partial charge in [-0.2, -0.15) is 0 Å². The van der Waals surface area contributed by atoms with E-state index in [-0.39, 0.29) is 23.5 Å². The highest BCUT2D eigenvalue weighted by atomic mass is 16.6. The Morgan fingerprint density at radius 1 is 1.18 bits per heavy atom. The van der Waals surface area contributed by atoms with E-state index >= 15 is 0 Å². The Labute approximate surface area is 160 Å². The molecule has 2 N–H and O–H groups in total. The minimum Gasteiger partial charge on any atom is -0.493 e. The van der Waals surface area contributed by atoms with Gasteiger partial charge >= 0.3 is 5.97 Å². The van der Waals surface area contributed by atoms with Crippen LogP contribution in [0.25, 0.3) is 10.9 Å². The number of ether oxygens (including phenoxy) is 3. The first-order chi connectivity index (χ1) is 13.5. The number of carbonyl (C=O) groups excluding carboxylic acids is 1. The van der Waals surface area contributed by atoms with Crippen LogP contribution in [0.15, 0.2) is 36.4 Å². The standard InChI is InChI=1S/C19H19N3O6/c1-4-28-19(23)14-10-11-12(8-9-15(22(24)25)17(11)21-14)20-13-6-5-7-16(26-2)18(13)27-3/h5-10,20-21H,4H2,1-3H3. The van der Waals surface area contributed by atoms with Gasteiger partial charge in [0, 0.05) is 17.1 Å². The molecular formula is C19H19N3O6. The van der Waals surface area contributed by atoms with Gasteiger partial charge in [0.15, 0.2) is 11.5 Å². The molecule has 0 amide bonds. The highest BCUT2D eigenvalue weighted by Gasteiger charge is 2.21. The van der Waals surface area contributed by atoms with Crippen molar-refractivity contribution >= 4 is 33.9 Å². The SMILES string of the molecule is CCOC(=O)c1cc2c(Nc3cccc(OC)c3OC)ccc([N+](=O)[O-])c2[nH]1. The minimum atomic E-state index is -0.585. The van der Waals surface area contributed by atoms with Crippen molar-refractivity contribution in [1.29, 1.82) is 0 Å². The summed E-state index contributed by atoms with van der Waals surface area (Å²) in [4.78, 5) is 25.7. The molecule has 0 radical (unpaired) electrons. The van der Waals surface area contributed by atoms with E-state index in [0.29, 0.717) is 28.3 Å². The van der Waals surface area contributed by atoms with E-state index < -0.39 is 10.9 Å². The summed E-state index contributed by atoms with van der Waals surface area (Å²) >= 11 is 0. The Kier molecular flexibility index (Phi) is 5.35. The third kappa shape index (κ3) is 3.41. The van der Waals surface area contributed by atoms with Crippen molar-refractivity contribution in [1.82, 2.24) is 4.98 Å². The summed E-state index contributed by atoms with van der Waals surface area (Å²) in [5, 5.41) is 15.1. The van der Waals surface area contributed by atoms with Gasteiger partial charge < -0.3 is 24.5 Å². The van der Waals surface area contributed by atoms with E-state index in [2.05, 4.69) is 10.3 Å². The number of methoxy groups -OCH3 is 2. The van der Waals surface area contributed by atoms with E-state index in [9.17, 15) is 14.9 Å². The molecule has 9 heteroatoms. The number of hydrogen-bond acceptors (Lipinski definition) is 7. The first kappa shape index (κ1) is 19.0. The average molecular weight is 385 g/mol. The Balaban J connectivity index is 2.13. The van der Waals surface area contributed by atoms with Gasteiger partial charge in [0.1, 0.15) is 11.2 Å². The van der Waals surface area contributed by atoms with E-state index in [1.807, 2.05) is 0 Å². The second kappa shape index (κ2) is 7.87. The number of fused-ring (bicyclic) bond motifs is 1. The van der Waals surface area contributed by atoms with Crippen molar-refractivity contribution in [3.8, 4) is 11.5 Å². The van der Waals surface area contributed by atoms with Gasteiger partial charge in [0.05, 0.1) is 31.4 Å². The number of anilines is 2. The number of rotatable bonds is 7. The molecule has 9 nitrogen and oxygen atoms in total. The topological polar surface area (TPSA) is 116 Å². The van der Waals surface area contributed by atoms with Crippen LogP contribution in [-0.4, -0.2) is 36.7 Å². The molecule has 0 aliphatic rings. The summed E-state index contributed by atoms with van der Waals surface area (Å²) in [5.74, 6) is 0.433. The number of carbonyl (C=O) groups is 1. The lowest BCUT2D eigenvalue weighted by atomic mass is 10.1. The molecule has 3 aromatic rings. The maximum atomic E-state index is 12.1. The van der Waals surface area contributed by atoms with Crippen LogP contribution in [0.3, 0.4) is 0 Å². The highest BCUT2D eigenvalue weighted by molar-refractivity contribution is 6.04. The number of nitrogens with one attached hydrogen (secondary N) is 2. The molecule has 0 spiro atoms. The minimum absolute atomic E-state index is 0.131. The number of nitrogens with zero attached hydrogens (tertiary/aromatic N) is 1. The normalized spacial score (nSPS) is 10.5. The summed E-state index contributed by atoms with van der Waals surface area (Å²) in [7, 11) is 3.05. The van der Waals surface area contributed by atoms with Gasteiger partial charge in [-0.05, 0) is 31.2 Å². The largest absolute Gasteiger partial charge is 0.493 e. The van der Waals surface area contributed by atoms with Crippen LogP contribution in [0.2, 0.25) is 0 Å². The predicted octanol–water partition coefficient (Wildman–Crippen LogP) is 4.01. The van der Waals surface area contributed by atoms with Crippen molar-refractivity contribution in [3.63, 3.8) is 0 Å². The Hall–Kier alpha value is -3.75. The number of nitro groups is 1. The molecule has 0 fully saturated rings. The zero-order valence-electron chi connectivity index (χ0n) is 15.6. The van der Waals surface area contributed by atoms with E-state index in [4.69, 9.17) is 14.2 Å². The van der Waals surface area contributed by atoms with Crippen molar-refractivity contribution in [2.75, 3.05) is 26.1 Å². The van der Waals surface area contributed by atoms with Crippen molar-refractivity contribution < 1.29 is 23.9 Å². The second-order valence-electron chi connectivity index (χ2n) is 5.75. The number of para-hydroxylation sites is 1. The van der Waals surface area contributed by atoms with Crippen LogP contribution in [0.5, 0.6) is 11.5 Å². The molecule has 1 heterocycles. The van der Waals surface area contributed by atoms with Crippen molar-refractivity contribution in [2.24, 2.45) is 0 Å². The van der Waals surface area contributed by atoms with Crippen molar-refractivity contribution in [3.05, 3.63) is 52.2 Å². The molecule has 28 heavy (non-hydrogen) atoms. The molecule has 0 aliphatic carbocycles. The van der Waals surface area contributed by atoms with Crippen LogP contribution in [0.4, 0.5) is 17.1 Å². The summed E-state index contributed by atoms with van der Waals surface area (Å²) in [6.07, 6.45) is 0. The van der Waals surface area contributed by atoms with Crippen LogP contribution >= 0.6 is 0 Å². The van der Waals surface area contributed by atoms with Crippen LogP contribution < -0.4 is 14.8 Å². The monoisotopic (exact) mass is 385 g/mol. The Morgan fingerprint density at radius 3 is 2.61 bits per heavy atom. The maximum absolute atomic E-state index is 12.1. The highest BCUT2D eigenvalue weighted by Crippen LogP contribution is 2.39. The number of H-pyrrole nitrogens is 1. The number of benzene rings is 2. The zero-order valence-corrected chi connectivity index (χ0v) is 15.6. The fourth-order valence-electron chi connectivity index (χ4n) is 2.91. The molecule has 0 unspecified atom stereocenters. The fraction of sp³-hybridized carbons (Fsp3) is 0.211. The third-order valence-corrected chi connectivity index (χ3v) is 4.14. The lowest BCUT2D eigenvalue weighted by molar-refractivity contribution is -0.383. The quantitative estimate of drug-likeness (QED) is 0.358. The number of aromatic amines is 1. The van der Waals surface area contributed by atoms with Gasteiger partial charge in [-0.1, -0.05) is 6.07 Å². The lowest BCUT2D eigenvalue weighted by Crippen LogP contribution is -2.04. The van der Waals surface area contributed by atoms with Crippen LogP contribution in [0, 0.1) is 10.1 Å². The number of esters is 1. The van der Waals surface area contributed by atoms with Crippen LogP contribution in [-0.2, 0) is 4.74 Å². The summed E-state index contributed by atoms with van der Waals surface area (Å²) < 4.78 is 15.7. The van der Waals surface area contributed by atoms with Gasteiger partial charge in [-0.25, -0.2) is 4.79 Å². The number of hydrogen-bond donors (Lipinski definition) is 2. The lowest BCUT2D eigenvalue weighted by Gasteiger charge is -2.14. The van der Waals surface area contributed by atoms with E-state index in [1.165, 1.54) is 26.4 Å². The molecule has 0 saturated carbocycles. The zero-order chi connectivity index (χ0) is 20.3. The molecule has 3 rings (SSSR count). The Morgan fingerprint density at radius 2 is 1.96 bits per heavy atom. The van der Waals surface area contributed by atoms with Crippen LogP contribution in [0.1, 0.15) is 17.4 Å². The third-order valence-electron chi connectivity index (χ3n) is 4.14. The second-order valence-corrected chi connectivity index (χ2v) is 5.75. The Bertz CT molecular complexity index is 1040. The molecule has 146 valence electrons. The molecule has 0 bridgehead atoms. The summed E-state index contributed by atoms with van der Waals surface area (Å²) in [6.45, 7) is 1.88. The molecule has 1 aromatic heterocycles. The number of nitro benzene ring substituents is 1. The average Bonchev–Trinajstić information content (AvgIpc) is 3.13.